The molecule has 0 atom stereocenters. The molecule has 0 radical (unpaired) electrons. The van der Waals surface area contributed by atoms with E-state index in [-0.39, 0.29) is 18.1 Å². The van der Waals surface area contributed by atoms with E-state index in [0.717, 1.165) is 28.2 Å². The Balaban J connectivity index is 1.39. The molecule has 0 saturated heterocycles. The molecular weight excluding hydrogens is 359 g/mol. The quantitative estimate of drug-likeness (QED) is 0.520. The highest BCUT2D eigenvalue weighted by Gasteiger charge is 2.07. The Kier molecular flexibility index (Phi) is 4.94. The van der Waals surface area contributed by atoms with Crippen LogP contribution in [-0.4, -0.2) is 10.9 Å². The summed E-state index contributed by atoms with van der Waals surface area (Å²) in [6.45, 7) is 0. The lowest BCUT2D eigenvalue weighted by Gasteiger charge is -2.06. The minimum Gasteiger partial charge on any atom is -0.326 e. The van der Waals surface area contributed by atoms with E-state index in [2.05, 4.69) is 16.4 Å². The summed E-state index contributed by atoms with van der Waals surface area (Å²) in [6, 6.07) is 21.9. The first kappa shape index (κ1) is 17.4. The van der Waals surface area contributed by atoms with E-state index in [0.29, 0.717) is 5.56 Å². The van der Waals surface area contributed by atoms with Crippen LogP contribution in [0.2, 0.25) is 0 Å². The van der Waals surface area contributed by atoms with Gasteiger partial charge in [0.05, 0.1) is 21.6 Å². The van der Waals surface area contributed by atoms with Gasteiger partial charge in [0.2, 0.25) is 5.91 Å². The maximum atomic E-state index is 13.2. The topological polar surface area (TPSA) is 42.0 Å². The maximum absolute atomic E-state index is 13.2. The first-order valence-corrected chi connectivity index (χ1v) is 9.45. The van der Waals surface area contributed by atoms with Crippen LogP contribution in [0.15, 0.2) is 72.8 Å². The van der Waals surface area contributed by atoms with Gasteiger partial charge >= 0.3 is 0 Å². The molecular formula is C22H17FN2OS. The zero-order valence-electron chi connectivity index (χ0n) is 14.5. The number of aromatic nitrogens is 1. The van der Waals surface area contributed by atoms with Crippen LogP contribution in [0.4, 0.5) is 10.1 Å². The van der Waals surface area contributed by atoms with Gasteiger partial charge in [0.25, 0.3) is 0 Å². The molecule has 0 spiro atoms. The molecule has 0 fully saturated rings. The smallest absolute Gasteiger partial charge is 0.228 e. The van der Waals surface area contributed by atoms with Crippen LogP contribution in [0.5, 0.6) is 0 Å². The summed E-state index contributed by atoms with van der Waals surface area (Å²) in [7, 11) is 0. The normalized spacial score (nSPS) is 10.9. The molecule has 134 valence electrons. The highest BCUT2D eigenvalue weighted by atomic mass is 32.1. The SMILES string of the molecule is O=C(Cc1cccc(F)c1)Nc1ccc(Cc2nc3ccccc3s2)cc1. The minimum absolute atomic E-state index is 0.144. The Morgan fingerprint density at radius 3 is 2.56 bits per heavy atom. The van der Waals surface area contributed by atoms with Crippen molar-refractivity contribution in [1.82, 2.24) is 4.98 Å². The predicted molar refractivity (Wildman–Crippen MR) is 108 cm³/mol. The number of fused-ring (bicyclic) bond motifs is 1. The summed E-state index contributed by atoms with van der Waals surface area (Å²) < 4.78 is 14.4. The van der Waals surface area contributed by atoms with Gasteiger partial charge in [0.1, 0.15) is 5.82 Å². The van der Waals surface area contributed by atoms with E-state index in [4.69, 9.17) is 0 Å². The number of thiazole rings is 1. The number of rotatable bonds is 5. The van der Waals surface area contributed by atoms with Crippen molar-refractivity contribution in [3.05, 3.63) is 94.7 Å². The first-order valence-electron chi connectivity index (χ1n) is 8.63. The zero-order valence-corrected chi connectivity index (χ0v) is 15.3. The predicted octanol–water partition coefficient (Wildman–Crippen LogP) is 5.21. The van der Waals surface area contributed by atoms with Crippen LogP contribution in [0.25, 0.3) is 10.2 Å². The Morgan fingerprint density at radius 1 is 0.963 bits per heavy atom. The molecule has 3 aromatic carbocycles. The van der Waals surface area contributed by atoms with Crippen LogP contribution in [-0.2, 0) is 17.6 Å². The summed E-state index contributed by atoms with van der Waals surface area (Å²) >= 11 is 1.70. The van der Waals surface area contributed by atoms with Gasteiger partial charge in [-0.2, -0.15) is 0 Å². The number of hydrogen-bond donors (Lipinski definition) is 1. The van der Waals surface area contributed by atoms with Crippen molar-refractivity contribution in [3.63, 3.8) is 0 Å². The first-order chi connectivity index (χ1) is 13.2. The maximum Gasteiger partial charge on any atom is 0.228 e. The molecule has 1 N–H and O–H groups in total. The zero-order chi connectivity index (χ0) is 18.6. The second-order valence-electron chi connectivity index (χ2n) is 6.30. The van der Waals surface area contributed by atoms with Crippen molar-refractivity contribution in [3.8, 4) is 0 Å². The van der Waals surface area contributed by atoms with E-state index in [9.17, 15) is 9.18 Å². The van der Waals surface area contributed by atoms with Gasteiger partial charge in [-0.1, -0.05) is 36.4 Å². The lowest BCUT2D eigenvalue weighted by molar-refractivity contribution is -0.115. The summed E-state index contributed by atoms with van der Waals surface area (Å²) in [6.07, 6.45) is 0.905. The summed E-state index contributed by atoms with van der Waals surface area (Å²) in [5, 5.41) is 3.92. The number of carbonyl (C=O) groups is 1. The molecule has 27 heavy (non-hydrogen) atoms. The fourth-order valence-corrected chi connectivity index (χ4v) is 3.92. The molecule has 0 aliphatic carbocycles. The van der Waals surface area contributed by atoms with Gasteiger partial charge in [-0.05, 0) is 47.5 Å². The van der Waals surface area contributed by atoms with Gasteiger partial charge in [-0.15, -0.1) is 11.3 Å². The monoisotopic (exact) mass is 376 g/mol. The third kappa shape index (κ3) is 4.38. The summed E-state index contributed by atoms with van der Waals surface area (Å²) in [5.74, 6) is -0.501. The number of anilines is 1. The number of nitrogens with zero attached hydrogens (tertiary/aromatic N) is 1. The Hall–Kier alpha value is -3.05. The van der Waals surface area contributed by atoms with Crippen LogP contribution in [0.3, 0.4) is 0 Å². The number of nitrogens with one attached hydrogen (secondary N) is 1. The van der Waals surface area contributed by atoms with E-state index >= 15 is 0 Å². The molecule has 4 rings (SSSR count). The molecule has 0 unspecified atom stereocenters. The number of benzene rings is 3. The molecule has 0 bridgehead atoms. The van der Waals surface area contributed by atoms with Crippen molar-refractivity contribution in [2.24, 2.45) is 0 Å². The summed E-state index contributed by atoms with van der Waals surface area (Å²) in [5.41, 5.74) is 3.54. The number of halogens is 1. The highest BCUT2D eigenvalue weighted by molar-refractivity contribution is 7.18. The second kappa shape index (κ2) is 7.68. The van der Waals surface area contributed by atoms with Crippen LogP contribution >= 0.6 is 11.3 Å². The van der Waals surface area contributed by atoms with Crippen LogP contribution in [0.1, 0.15) is 16.1 Å². The third-order valence-corrected chi connectivity index (χ3v) is 5.22. The standard InChI is InChI=1S/C22H17FN2OS/c23-17-5-3-4-16(12-17)13-21(26)24-18-10-8-15(9-11-18)14-22-25-19-6-1-2-7-20(19)27-22/h1-12H,13-14H2,(H,24,26). The third-order valence-electron chi connectivity index (χ3n) is 4.18. The fraction of sp³-hybridized carbons (Fsp3) is 0.0909. The van der Waals surface area contributed by atoms with Crippen molar-refractivity contribution in [1.29, 1.82) is 0 Å². The minimum atomic E-state index is -0.334. The second-order valence-corrected chi connectivity index (χ2v) is 7.42. The van der Waals surface area contributed by atoms with Crippen molar-refractivity contribution >= 4 is 33.1 Å². The highest BCUT2D eigenvalue weighted by Crippen LogP contribution is 2.24. The Morgan fingerprint density at radius 2 is 1.78 bits per heavy atom. The van der Waals surface area contributed by atoms with Crippen molar-refractivity contribution < 1.29 is 9.18 Å². The van der Waals surface area contributed by atoms with Crippen molar-refractivity contribution in [2.45, 2.75) is 12.8 Å². The van der Waals surface area contributed by atoms with Gasteiger partial charge in [0, 0.05) is 12.1 Å². The number of para-hydroxylation sites is 1. The molecule has 4 aromatic rings. The van der Waals surface area contributed by atoms with Gasteiger partial charge in [-0.3, -0.25) is 4.79 Å². The average molecular weight is 376 g/mol. The van der Waals surface area contributed by atoms with E-state index in [1.54, 1.807) is 23.5 Å². The number of carbonyl (C=O) groups excluding carboxylic acids is 1. The number of amides is 1. The molecule has 0 aliphatic rings. The van der Waals surface area contributed by atoms with Crippen molar-refractivity contribution in [2.75, 3.05) is 5.32 Å². The average Bonchev–Trinajstić information content (AvgIpc) is 3.05. The number of hydrogen-bond acceptors (Lipinski definition) is 3. The van der Waals surface area contributed by atoms with Gasteiger partial charge in [-0.25, -0.2) is 9.37 Å². The molecule has 1 amide bonds. The molecule has 1 aromatic heterocycles. The summed E-state index contributed by atoms with van der Waals surface area (Å²) in [4.78, 5) is 16.8. The lowest BCUT2D eigenvalue weighted by Crippen LogP contribution is -2.14. The van der Waals surface area contributed by atoms with Crippen LogP contribution in [0, 0.1) is 5.82 Å². The molecule has 0 saturated carbocycles. The van der Waals surface area contributed by atoms with E-state index in [1.165, 1.54) is 16.8 Å². The largest absolute Gasteiger partial charge is 0.326 e. The lowest BCUT2D eigenvalue weighted by atomic mass is 10.1. The molecule has 5 heteroatoms. The molecule has 1 heterocycles. The van der Waals surface area contributed by atoms with E-state index < -0.39 is 0 Å². The van der Waals surface area contributed by atoms with E-state index in [1.807, 2.05) is 42.5 Å². The fourth-order valence-electron chi connectivity index (χ4n) is 2.91. The van der Waals surface area contributed by atoms with Gasteiger partial charge in [0.15, 0.2) is 0 Å². The van der Waals surface area contributed by atoms with Crippen LogP contribution < -0.4 is 5.32 Å². The molecule has 3 nitrogen and oxygen atoms in total. The Bertz CT molecular complexity index is 1060. The Labute approximate surface area is 160 Å². The van der Waals surface area contributed by atoms with Gasteiger partial charge < -0.3 is 5.32 Å². The molecule has 0 aliphatic heterocycles.